The zero-order valence-electron chi connectivity index (χ0n) is 17.9. The van der Waals surface area contributed by atoms with E-state index in [0.717, 1.165) is 45.1 Å². The van der Waals surface area contributed by atoms with Crippen molar-refractivity contribution in [3.63, 3.8) is 0 Å². The van der Waals surface area contributed by atoms with Crippen LogP contribution in [-0.2, 0) is 39.7 Å². The van der Waals surface area contributed by atoms with Gasteiger partial charge in [0.25, 0.3) is 0 Å². The molecule has 0 atom stereocenters. The molecule has 0 aliphatic heterocycles. The minimum atomic E-state index is 0. The van der Waals surface area contributed by atoms with Crippen molar-refractivity contribution in [3.05, 3.63) is 66.7 Å². The molecule has 0 amide bonds. The van der Waals surface area contributed by atoms with E-state index in [1.54, 1.807) is 14.2 Å². The molecule has 0 aliphatic rings. The number of hydrogen-bond acceptors (Lipinski definition) is 5. The van der Waals surface area contributed by atoms with E-state index >= 15 is 0 Å². The number of halogens is 2. The third-order valence-electron chi connectivity index (χ3n) is 5.03. The van der Waals surface area contributed by atoms with Gasteiger partial charge >= 0.3 is 16.8 Å². The molecule has 3 heterocycles. The summed E-state index contributed by atoms with van der Waals surface area (Å²) in [6, 6.07) is 21.9. The van der Waals surface area contributed by atoms with Crippen LogP contribution in [0.1, 0.15) is 0 Å². The second kappa shape index (κ2) is 11.6. The zero-order valence-corrected chi connectivity index (χ0v) is 20.5. The zero-order chi connectivity index (χ0) is 20.5. The van der Waals surface area contributed by atoms with E-state index < -0.39 is 0 Å². The van der Waals surface area contributed by atoms with Crippen LogP contribution in [0.5, 0.6) is 0 Å². The summed E-state index contributed by atoms with van der Waals surface area (Å²) in [7, 11) is 3.35. The monoisotopic (exact) mass is 528 g/mol. The second-order valence-electron chi connectivity index (χ2n) is 6.95. The Bertz CT molecular complexity index is 1260. The van der Waals surface area contributed by atoms with Crippen LogP contribution in [0, 0.1) is 0 Å². The Morgan fingerprint density at radius 3 is 1.45 bits per heavy atom. The van der Waals surface area contributed by atoms with Gasteiger partial charge in [-0.25, -0.2) is 15.0 Å². The van der Waals surface area contributed by atoms with Gasteiger partial charge in [-0.15, -0.1) is 0 Å². The van der Waals surface area contributed by atoms with E-state index in [4.69, 9.17) is 24.4 Å². The smallest absolute Gasteiger partial charge is 1.00 e. The number of rotatable bonds is 6. The van der Waals surface area contributed by atoms with Gasteiger partial charge in [0.2, 0.25) is 0 Å². The maximum Gasteiger partial charge on any atom is 2.00 e. The molecule has 0 saturated heterocycles. The van der Waals surface area contributed by atoms with Crippen molar-refractivity contribution in [1.82, 2.24) is 24.1 Å². The SMILES string of the molecule is COCn1c(-c2cccc(-c3nc4ccccc4n3COC)n2)nc2ccccc21.[Cl-].[Cl-].[Co+2]. The van der Waals surface area contributed by atoms with Crippen molar-refractivity contribution in [2.75, 3.05) is 14.2 Å². The van der Waals surface area contributed by atoms with Crippen LogP contribution in [0.3, 0.4) is 0 Å². The normalized spacial score (nSPS) is 10.5. The molecule has 0 N–H and O–H groups in total. The summed E-state index contributed by atoms with van der Waals surface area (Å²) < 4.78 is 14.9. The van der Waals surface area contributed by atoms with Crippen LogP contribution in [0.25, 0.3) is 45.1 Å². The number of imidazole rings is 2. The fourth-order valence-electron chi connectivity index (χ4n) is 3.75. The molecule has 2 aromatic carbocycles. The van der Waals surface area contributed by atoms with Gasteiger partial charge in [0.1, 0.15) is 24.8 Å². The molecule has 173 valence electrons. The first kappa shape index (κ1) is 26.8. The summed E-state index contributed by atoms with van der Waals surface area (Å²) in [6.45, 7) is 0.786. The molecular formula is C23H21Cl2CoN5O2. The summed E-state index contributed by atoms with van der Waals surface area (Å²) in [6.07, 6.45) is 0. The molecule has 7 nitrogen and oxygen atoms in total. The molecule has 0 spiro atoms. The van der Waals surface area contributed by atoms with Crippen molar-refractivity contribution in [3.8, 4) is 23.0 Å². The predicted molar refractivity (Wildman–Crippen MR) is 116 cm³/mol. The molecule has 5 rings (SSSR count). The Hall–Kier alpha value is -2.46. The molecule has 10 heteroatoms. The van der Waals surface area contributed by atoms with Crippen molar-refractivity contribution in [2.45, 2.75) is 13.5 Å². The van der Waals surface area contributed by atoms with Crippen LogP contribution < -0.4 is 24.8 Å². The molecule has 5 aromatic rings. The molecule has 0 bridgehead atoms. The van der Waals surface area contributed by atoms with Crippen LogP contribution in [-0.4, -0.2) is 38.3 Å². The van der Waals surface area contributed by atoms with Crippen molar-refractivity contribution in [2.24, 2.45) is 0 Å². The number of fused-ring (bicyclic) bond motifs is 2. The number of para-hydroxylation sites is 4. The van der Waals surface area contributed by atoms with E-state index in [1.807, 2.05) is 75.9 Å². The van der Waals surface area contributed by atoms with Crippen molar-refractivity contribution < 1.29 is 51.1 Å². The van der Waals surface area contributed by atoms with Crippen molar-refractivity contribution in [1.29, 1.82) is 0 Å². The van der Waals surface area contributed by atoms with Gasteiger partial charge in [-0.05, 0) is 36.4 Å². The van der Waals surface area contributed by atoms with Crippen LogP contribution in [0.2, 0.25) is 0 Å². The fourth-order valence-corrected chi connectivity index (χ4v) is 3.75. The molecule has 33 heavy (non-hydrogen) atoms. The van der Waals surface area contributed by atoms with E-state index in [-0.39, 0.29) is 41.6 Å². The first-order valence-corrected chi connectivity index (χ1v) is 9.66. The van der Waals surface area contributed by atoms with Crippen LogP contribution in [0.15, 0.2) is 66.7 Å². The van der Waals surface area contributed by atoms with Gasteiger partial charge in [0.05, 0.1) is 22.1 Å². The number of ether oxygens (including phenoxy) is 2. The van der Waals surface area contributed by atoms with Crippen molar-refractivity contribution >= 4 is 22.1 Å². The largest absolute Gasteiger partial charge is 2.00 e. The van der Waals surface area contributed by atoms with E-state index in [9.17, 15) is 0 Å². The van der Waals surface area contributed by atoms with Gasteiger partial charge in [-0.1, -0.05) is 30.3 Å². The summed E-state index contributed by atoms with van der Waals surface area (Å²) in [4.78, 5) is 14.5. The summed E-state index contributed by atoms with van der Waals surface area (Å²) in [5.74, 6) is 1.52. The first-order chi connectivity index (χ1) is 14.8. The average molecular weight is 529 g/mol. The maximum absolute atomic E-state index is 5.42. The van der Waals surface area contributed by atoms with E-state index in [2.05, 4.69) is 0 Å². The summed E-state index contributed by atoms with van der Waals surface area (Å²) in [5, 5.41) is 0. The quantitative estimate of drug-likeness (QED) is 0.263. The minimum absolute atomic E-state index is 0. The molecule has 3 aromatic heterocycles. The predicted octanol–water partition coefficient (Wildman–Crippen LogP) is -1.67. The standard InChI is InChI=1S/C23H21N5O2.2ClH.Co/c1-29-14-27-20-12-5-3-8-16(20)25-22(27)18-10-7-11-19(24-18)23-26-17-9-4-6-13-21(17)28(23)15-30-2;;;/h3-13H,14-15H2,1-2H3;2*1H;/q;;;+2/p-2. The molecular weight excluding hydrogens is 508 g/mol. The van der Waals surface area contributed by atoms with Crippen LogP contribution >= 0.6 is 0 Å². The van der Waals surface area contributed by atoms with E-state index in [1.165, 1.54) is 0 Å². The van der Waals surface area contributed by atoms with Gasteiger partial charge < -0.3 is 34.3 Å². The Kier molecular flexibility index (Phi) is 9.42. The number of benzene rings is 2. The number of hydrogen-bond donors (Lipinski definition) is 0. The molecule has 0 unspecified atom stereocenters. The van der Waals surface area contributed by atoms with Gasteiger partial charge in [-0.3, -0.25) is 9.13 Å². The maximum atomic E-state index is 5.42. The average Bonchev–Trinajstić information content (AvgIpc) is 3.34. The Morgan fingerprint density at radius 1 is 0.606 bits per heavy atom. The number of nitrogens with zero attached hydrogens (tertiary/aromatic N) is 5. The molecule has 0 aliphatic carbocycles. The second-order valence-corrected chi connectivity index (χ2v) is 6.95. The topological polar surface area (TPSA) is 67.0 Å². The Labute approximate surface area is 214 Å². The fraction of sp³-hybridized carbons (Fsp3) is 0.174. The Morgan fingerprint density at radius 2 is 1.03 bits per heavy atom. The summed E-state index contributed by atoms with van der Waals surface area (Å²) >= 11 is 0. The third kappa shape index (κ3) is 4.91. The van der Waals surface area contributed by atoms with Gasteiger partial charge in [0.15, 0.2) is 11.6 Å². The molecule has 1 radical (unpaired) electrons. The third-order valence-corrected chi connectivity index (χ3v) is 5.03. The molecule has 0 saturated carbocycles. The number of aromatic nitrogens is 5. The Balaban J connectivity index is 0.00000128. The number of methoxy groups -OCH3 is 2. The summed E-state index contributed by atoms with van der Waals surface area (Å²) in [5.41, 5.74) is 5.35. The van der Waals surface area contributed by atoms with E-state index in [0.29, 0.717) is 13.5 Å². The van der Waals surface area contributed by atoms with Gasteiger partial charge in [0, 0.05) is 14.2 Å². The van der Waals surface area contributed by atoms with Gasteiger partial charge in [-0.2, -0.15) is 0 Å². The minimum Gasteiger partial charge on any atom is -1.00 e. The number of pyridine rings is 1. The first-order valence-electron chi connectivity index (χ1n) is 9.66. The molecule has 0 fully saturated rings. The van der Waals surface area contributed by atoms with Crippen LogP contribution in [0.4, 0.5) is 0 Å².